The van der Waals surface area contributed by atoms with E-state index in [0.717, 1.165) is 81.0 Å². The first-order valence-corrected chi connectivity index (χ1v) is 12.4. The highest BCUT2D eigenvalue weighted by Crippen LogP contribution is 2.29. The van der Waals surface area contributed by atoms with Gasteiger partial charge in [0.25, 0.3) is 0 Å². The molecule has 2 amide bonds. The van der Waals surface area contributed by atoms with Crippen molar-refractivity contribution in [3.8, 4) is 5.75 Å². The van der Waals surface area contributed by atoms with Gasteiger partial charge in [0.1, 0.15) is 11.9 Å². The maximum absolute atomic E-state index is 12.7. The topological polar surface area (TPSA) is 56.8 Å². The van der Waals surface area contributed by atoms with E-state index < -0.39 is 0 Å². The number of halogens is 1. The zero-order chi connectivity index (χ0) is 22.3. The van der Waals surface area contributed by atoms with Gasteiger partial charge < -0.3 is 20.3 Å². The number of rotatable bonds is 6. The summed E-state index contributed by atoms with van der Waals surface area (Å²) in [6.45, 7) is 8.24. The minimum Gasteiger partial charge on any atom is -0.489 e. The number of amides is 2. The van der Waals surface area contributed by atoms with Gasteiger partial charge in [0, 0.05) is 38.4 Å². The number of piperazine rings is 1. The number of benzene rings is 2. The summed E-state index contributed by atoms with van der Waals surface area (Å²) in [6.07, 6.45) is 3.36. The third-order valence-electron chi connectivity index (χ3n) is 6.23. The number of urea groups is 1. The molecule has 0 radical (unpaired) electrons. The average Bonchev–Trinajstić information content (AvgIpc) is 2.82. The van der Waals surface area contributed by atoms with Gasteiger partial charge in [-0.3, -0.25) is 4.90 Å². The fourth-order valence-corrected chi connectivity index (χ4v) is 4.79. The number of ether oxygens (including phenoxy) is 1. The number of piperidine rings is 1. The van der Waals surface area contributed by atoms with E-state index in [9.17, 15) is 4.79 Å². The van der Waals surface area contributed by atoms with E-state index in [1.54, 1.807) is 0 Å². The van der Waals surface area contributed by atoms with Crippen LogP contribution in [0.5, 0.6) is 5.75 Å². The second-order valence-corrected chi connectivity index (χ2v) is 9.43. The molecule has 0 aliphatic carbocycles. The third-order valence-corrected chi connectivity index (χ3v) is 6.85. The van der Waals surface area contributed by atoms with Crippen molar-refractivity contribution in [2.75, 3.05) is 44.6 Å². The SMILES string of the molecule is CCc1cccc(NC(=O)N2CCN(Cc3ccc(OC4CCNCC4)c(Br)c3)CC2)c1. The van der Waals surface area contributed by atoms with Gasteiger partial charge in [-0.25, -0.2) is 4.79 Å². The van der Waals surface area contributed by atoms with Gasteiger partial charge in [0.15, 0.2) is 0 Å². The smallest absolute Gasteiger partial charge is 0.321 e. The van der Waals surface area contributed by atoms with E-state index in [1.165, 1.54) is 11.1 Å². The molecular weight excluding hydrogens is 468 g/mol. The van der Waals surface area contributed by atoms with Crippen LogP contribution in [0.15, 0.2) is 46.9 Å². The van der Waals surface area contributed by atoms with Crippen molar-refractivity contribution >= 4 is 27.6 Å². The van der Waals surface area contributed by atoms with Crippen molar-refractivity contribution in [3.05, 3.63) is 58.1 Å². The van der Waals surface area contributed by atoms with Crippen LogP contribution in [0.2, 0.25) is 0 Å². The van der Waals surface area contributed by atoms with E-state index in [4.69, 9.17) is 4.74 Å². The Labute approximate surface area is 199 Å². The van der Waals surface area contributed by atoms with Crippen LogP contribution in [0.1, 0.15) is 30.9 Å². The molecule has 0 bridgehead atoms. The summed E-state index contributed by atoms with van der Waals surface area (Å²) in [5.41, 5.74) is 3.35. The number of carbonyl (C=O) groups excluding carboxylic acids is 1. The minimum absolute atomic E-state index is 0.0138. The zero-order valence-corrected chi connectivity index (χ0v) is 20.4. The second kappa shape index (κ2) is 11.2. The number of hydrogen-bond donors (Lipinski definition) is 2. The summed E-state index contributed by atoms with van der Waals surface area (Å²) in [4.78, 5) is 17.0. The van der Waals surface area contributed by atoms with Crippen molar-refractivity contribution in [1.82, 2.24) is 15.1 Å². The highest BCUT2D eigenvalue weighted by atomic mass is 79.9. The zero-order valence-electron chi connectivity index (χ0n) is 18.8. The Morgan fingerprint density at radius 2 is 1.88 bits per heavy atom. The largest absolute Gasteiger partial charge is 0.489 e. The Bertz CT molecular complexity index is 909. The number of nitrogens with one attached hydrogen (secondary N) is 2. The molecule has 2 aromatic rings. The fraction of sp³-hybridized carbons (Fsp3) is 0.480. The quantitative estimate of drug-likeness (QED) is 0.613. The molecule has 2 fully saturated rings. The first kappa shape index (κ1) is 23.1. The van der Waals surface area contributed by atoms with E-state index >= 15 is 0 Å². The van der Waals surface area contributed by atoms with Crippen LogP contribution in [-0.2, 0) is 13.0 Å². The monoisotopic (exact) mass is 500 g/mol. The van der Waals surface area contributed by atoms with Crippen LogP contribution in [0.25, 0.3) is 0 Å². The molecule has 0 saturated carbocycles. The maximum atomic E-state index is 12.7. The molecule has 2 N–H and O–H groups in total. The number of anilines is 1. The molecule has 0 atom stereocenters. The molecule has 2 heterocycles. The molecule has 7 heteroatoms. The molecule has 2 saturated heterocycles. The summed E-state index contributed by atoms with van der Waals surface area (Å²) < 4.78 is 7.20. The lowest BCUT2D eigenvalue weighted by atomic mass is 10.1. The van der Waals surface area contributed by atoms with Crippen molar-refractivity contribution in [3.63, 3.8) is 0 Å². The Balaban J connectivity index is 1.25. The van der Waals surface area contributed by atoms with Gasteiger partial charge in [0.05, 0.1) is 4.47 Å². The number of hydrogen-bond acceptors (Lipinski definition) is 4. The van der Waals surface area contributed by atoms with Gasteiger partial charge >= 0.3 is 6.03 Å². The molecule has 2 aliphatic rings. The van der Waals surface area contributed by atoms with Gasteiger partial charge in [-0.05, 0) is 83.7 Å². The molecule has 0 aromatic heterocycles. The van der Waals surface area contributed by atoms with E-state index in [1.807, 2.05) is 23.1 Å². The van der Waals surface area contributed by atoms with Gasteiger partial charge in [0.2, 0.25) is 0 Å². The Morgan fingerprint density at radius 3 is 2.59 bits per heavy atom. The third kappa shape index (κ3) is 6.24. The van der Waals surface area contributed by atoms with Crippen LogP contribution in [0.3, 0.4) is 0 Å². The molecule has 6 nitrogen and oxygen atoms in total. The minimum atomic E-state index is -0.0138. The highest BCUT2D eigenvalue weighted by Gasteiger charge is 2.22. The summed E-state index contributed by atoms with van der Waals surface area (Å²) in [5, 5.41) is 6.41. The number of carbonyl (C=O) groups is 1. The lowest BCUT2D eigenvalue weighted by Crippen LogP contribution is -2.49. The predicted molar refractivity (Wildman–Crippen MR) is 132 cm³/mol. The molecule has 32 heavy (non-hydrogen) atoms. The normalized spacial score (nSPS) is 17.9. The predicted octanol–water partition coefficient (Wildman–Crippen LogP) is 4.49. The molecule has 4 rings (SSSR count). The van der Waals surface area contributed by atoms with Gasteiger partial charge in [-0.1, -0.05) is 25.1 Å². The van der Waals surface area contributed by atoms with Crippen LogP contribution < -0.4 is 15.4 Å². The first-order valence-electron chi connectivity index (χ1n) is 11.6. The van der Waals surface area contributed by atoms with Crippen LogP contribution in [-0.4, -0.2) is 61.2 Å². The van der Waals surface area contributed by atoms with Gasteiger partial charge in [-0.2, -0.15) is 0 Å². The lowest BCUT2D eigenvalue weighted by molar-refractivity contribution is 0.142. The van der Waals surface area contributed by atoms with E-state index in [-0.39, 0.29) is 6.03 Å². The standard InChI is InChI=1S/C25H33BrN4O2/c1-2-19-4-3-5-21(16-19)28-25(31)30-14-12-29(13-15-30)18-20-6-7-24(23(26)17-20)32-22-8-10-27-11-9-22/h3-7,16-17,22,27H,2,8-15,18H2,1H3,(H,28,31). The first-order chi connectivity index (χ1) is 15.6. The van der Waals surface area contributed by atoms with Crippen molar-refractivity contribution in [2.24, 2.45) is 0 Å². The summed E-state index contributed by atoms with van der Waals surface area (Å²) in [6, 6.07) is 14.5. The van der Waals surface area contributed by atoms with Crippen LogP contribution in [0.4, 0.5) is 10.5 Å². The summed E-state index contributed by atoms with van der Waals surface area (Å²) in [5.74, 6) is 0.925. The van der Waals surface area contributed by atoms with Crippen molar-refractivity contribution in [2.45, 2.75) is 38.8 Å². The van der Waals surface area contributed by atoms with Gasteiger partial charge in [-0.15, -0.1) is 0 Å². The Morgan fingerprint density at radius 1 is 1.09 bits per heavy atom. The molecule has 2 aliphatic heterocycles. The maximum Gasteiger partial charge on any atom is 0.321 e. The molecule has 0 spiro atoms. The van der Waals surface area contributed by atoms with E-state index in [2.05, 4.69) is 62.7 Å². The molecule has 0 unspecified atom stereocenters. The Hall–Kier alpha value is -2.09. The average molecular weight is 501 g/mol. The molecule has 2 aromatic carbocycles. The fourth-order valence-electron chi connectivity index (χ4n) is 4.27. The highest BCUT2D eigenvalue weighted by molar-refractivity contribution is 9.10. The number of nitrogens with zero attached hydrogens (tertiary/aromatic N) is 2. The van der Waals surface area contributed by atoms with Crippen LogP contribution in [0, 0.1) is 0 Å². The second-order valence-electron chi connectivity index (χ2n) is 8.58. The van der Waals surface area contributed by atoms with Crippen molar-refractivity contribution in [1.29, 1.82) is 0 Å². The number of aryl methyl sites for hydroxylation is 1. The lowest BCUT2D eigenvalue weighted by Gasteiger charge is -2.34. The Kier molecular flexibility index (Phi) is 8.05. The summed E-state index contributed by atoms with van der Waals surface area (Å²) >= 11 is 3.69. The molecule has 172 valence electrons. The molecular formula is C25H33BrN4O2. The van der Waals surface area contributed by atoms with Crippen LogP contribution >= 0.6 is 15.9 Å². The van der Waals surface area contributed by atoms with Crippen molar-refractivity contribution < 1.29 is 9.53 Å². The van der Waals surface area contributed by atoms with E-state index in [0.29, 0.717) is 6.10 Å². The summed E-state index contributed by atoms with van der Waals surface area (Å²) in [7, 11) is 0.